The summed E-state index contributed by atoms with van der Waals surface area (Å²) in [7, 11) is 0. The number of nitrogens with zero attached hydrogens (tertiary/aromatic N) is 3. The summed E-state index contributed by atoms with van der Waals surface area (Å²) in [6, 6.07) is 24.9. The minimum Gasteiger partial charge on any atom is -0.491 e. The highest BCUT2D eigenvalue weighted by atomic mass is 16.6. The number of piperidine rings is 1. The number of carbonyl (C=O) groups excluding carboxylic acids is 5. The van der Waals surface area contributed by atoms with Crippen LogP contribution in [0.25, 0.3) is 11.6 Å². The van der Waals surface area contributed by atoms with Gasteiger partial charge in [-0.25, -0.2) is 0 Å². The second-order valence-electron chi connectivity index (χ2n) is 14.0. The molecule has 16 nitrogen and oxygen atoms in total. The number of ether oxygens (including phenoxy) is 5. The molecular formula is C45H42N4O12. The SMILES string of the molecule is O=C1CCC(N2C(=O)c3ccc(OCCOCCOCCOCCOc4ccc(CN5C(=O)/C(=C\C=C\c6ccc([N+](=O)[O-])cc6)c6ccccc65)cc4)cc3C2=O)C(=O)N1. The lowest BCUT2D eigenvalue weighted by Crippen LogP contribution is -2.54. The van der Waals surface area contributed by atoms with Gasteiger partial charge in [0.05, 0.1) is 67.9 Å². The highest BCUT2D eigenvalue weighted by Crippen LogP contribution is 2.38. The molecule has 61 heavy (non-hydrogen) atoms. The first-order valence-corrected chi connectivity index (χ1v) is 19.7. The smallest absolute Gasteiger partial charge is 0.269 e. The molecule has 314 valence electrons. The Hall–Kier alpha value is -7.01. The monoisotopic (exact) mass is 830 g/mol. The van der Waals surface area contributed by atoms with E-state index in [4.69, 9.17) is 23.7 Å². The summed E-state index contributed by atoms with van der Waals surface area (Å²) in [6.45, 7) is 2.98. The van der Waals surface area contributed by atoms with Gasteiger partial charge >= 0.3 is 0 Å². The molecule has 1 fully saturated rings. The van der Waals surface area contributed by atoms with Crippen LogP contribution in [-0.4, -0.2) is 98.3 Å². The summed E-state index contributed by atoms with van der Waals surface area (Å²) in [5, 5.41) is 13.1. The standard InChI is InChI=1S/C45H42N4O12/c50-41-19-18-40(42(51)46-41)48-44(53)37-17-16-34(28-38(37)45(48)54)61-27-25-59-23-21-57-20-22-58-24-26-60-33-14-10-31(11-15-33)29-47-39-7-2-1-5-35(39)36(43(47)52)6-3-4-30-8-12-32(13-9-30)49(55)56/h1-17,28,40H,18-27,29H2,(H,46,50,51)/b4-3+,36-6-. The second kappa shape index (κ2) is 19.8. The van der Waals surface area contributed by atoms with Crippen molar-refractivity contribution < 1.29 is 52.6 Å². The third-order valence-corrected chi connectivity index (χ3v) is 10.0. The maximum absolute atomic E-state index is 13.5. The number of hydrogen-bond acceptors (Lipinski definition) is 12. The van der Waals surface area contributed by atoms with Crippen molar-refractivity contribution in [1.82, 2.24) is 10.2 Å². The number of imide groups is 2. The molecule has 1 N–H and O–H groups in total. The minimum atomic E-state index is -1.03. The van der Waals surface area contributed by atoms with Crippen molar-refractivity contribution in [2.24, 2.45) is 0 Å². The molecule has 0 aliphatic carbocycles. The number of hydrogen-bond donors (Lipinski definition) is 1. The highest BCUT2D eigenvalue weighted by Gasteiger charge is 2.44. The zero-order valence-electron chi connectivity index (χ0n) is 33.0. The third kappa shape index (κ3) is 10.2. The molecular weight excluding hydrogens is 789 g/mol. The van der Waals surface area contributed by atoms with Gasteiger partial charge in [-0.2, -0.15) is 0 Å². The molecule has 1 atom stereocenters. The zero-order chi connectivity index (χ0) is 42.7. The van der Waals surface area contributed by atoms with Crippen molar-refractivity contribution in [3.05, 3.63) is 141 Å². The van der Waals surface area contributed by atoms with Crippen LogP contribution in [0, 0.1) is 10.1 Å². The van der Waals surface area contributed by atoms with Crippen LogP contribution in [-0.2, 0) is 35.1 Å². The average Bonchev–Trinajstić information content (AvgIpc) is 3.67. The lowest BCUT2D eigenvalue weighted by molar-refractivity contribution is -0.384. The molecule has 3 aliphatic rings. The summed E-state index contributed by atoms with van der Waals surface area (Å²) in [5.41, 5.74) is 4.27. The number of nitrogens with one attached hydrogen (secondary N) is 1. The predicted octanol–water partition coefficient (Wildman–Crippen LogP) is 5.15. The quantitative estimate of drug-likeness (QED) is 0.0406. The molecule has 0 saturated carbocycles. The number of para-hydroxylation sites is 1. The van der Waals surface area contributed by atoms with Crippen LogP contribution >= 0.6 is 0 Å². The van der Waals surface area contributed by atoms with E-state index in [9.17, 15) is 34.1 Å². The number of allylic oxidation sites excluding steroid dienone is 2. The van der Waals surface area contributed by atoms with Crippen molar-refractivity contribution in [1.29, 1.82) is 0 Å². The molecule has 0 bridgehead atoms. The number of nitro groups is 1. The van der Waals surface area contributed by atoms with Gasteiger partial charge in [0, 0.05) is 29.7 Å². The number of nitro benzene ring substituents is 1. The number of rotatable bonds is 20. The van der Waals surface area contributed by atoms with Crippen LogP contribution in [0.1, 0.15) is 50.2 Å². The molecule has 5 amide bonds. The van der Waals surface area contributed by atoms with Gasteiger partial charge < -0.3 is 28.6 Å². The Balaban J connectivity index is 0.743. The summed E-state index contributed by atoms with van der Waals surface area (Å²) in [5.74, 6) is -1.34. The summed E-state index contributed by atoms with van der Waals surface area (Å²) >= 11 is 0. The van der Waals surface area contributed by atoms with Gasteiger partial charge in [0.25, 0.3) is 23.4 Å². The van der Waals surface area contributed by atoms with Crippen LogP contribution < -0.4 is 19.7 Å². The van der Waals surface area contributed by atoms with E-state index in [0.717, 1.165) is 27.3 Å². The molecule has 0 radical (unpaired) electrons. The first-order valence-electron chi connectivity index (χ1n) is 19.7. The number of amides is 5. The number of carbonyl (C=O) groups is 5. The molecule has 1 unspecified atom stereocenters. The highest BCUT2D eigenvalue weighted by molar-refractivity contribution is 6.32. The number of non-ortho nitro benzene ring substituents is 1. The van der Waals surface area contributed by atoms with Crippen LogP contribution in [0.5, 0.6) is 11.5 Å². The van der Waals surface area contributed by atoms with E-state index in [1.807, 2.05) is 48.5 Å². The Morgan fingerprint density at radius 3 is 1.98 bits per heavy atom. The maximum atomic E-state index is 13.5. The van der Waals surface area contributed by atoms with Crippen LogP contribution in [0.15, 0.2) is 103 Å². The topological polar surface area (TPSA) is 193 Å². The fourth-order valence-corrected chi connectivity index (χ4v) is 6.98. The number of benzene rings is 4. The Morgan fingerprint density at radius 2 is 1.31 bits per heavy atom. The van der Waals surface area contributed by atoms with Gasteiger partial charge in [-0.05, 0) is 72.2 Å². The van der Waals surface area contributed by atoms with Gasteiger partial charge in [-0.1, -0.05) is 42.5 Å². The van der Waals surface area contributed by atoms with Crippen LogP contribution in [0.2, 0.25) is 0 Å². The minimum absolute atomic E-state index is 0.0171. The predicted molar refractivity (Wildman–Crippen MR) is 221 cm³/mol. The molecule has 3 heterocycles. The third-order valence-electron chi connectivity index (χ3n) is 10.0. The van der Waals surface area contributed by atoms with E-state index in [0.29, 0.717) is 63.3 Å². The summed E-state index contributed by atoms with van der Waals surface area (Å²) in [6.07, 6.45) is 5.47. The Morgan fingerprint density at radius 1 is 0.689 bits per heavy atom. The zero-order valence-corrected chi connectivity index (χ0v) is 33.0. The number of anilines is 1. The van der Waals surface area contributed by atoms with Gasteiger partial charge in [0.15, 0.2) is 0 Å². The maximum Gasteiger partial charge on any atom is 0.269 e. The molecule has 16 heteroatoms. The lowest BCUT2D eigenvalue weighted by atomic mass is 10.0. The van der Waals surface area contributed by atoms with Gasteiger partial charge in [-0.3, -0.25) is 44.3 Å². The van der Waals surface area contributed by atoms with Gasteiger partial charge in [-0.15, -0.1) is 0 Å². The average molecular weight is 831 g/mol. The largest absolute Gasteiger partial charge is 0.491 e. The lowest BCUT2D eigenvalue weighted by Gasteiger charge is -2.27. The summed E-state index contributed by atoms with van der Waals surface area (Å²) in [4.78, 5) is 76.3. The molecule has 1 saturated heterocycles. The molecule has 3 aliphatic heterocycles. The van der Waals surface area contributed by atoms with E-state index in [2.05, 4.69) is 5.32 Å². The van der Waals surface area contributed by atoms with Crippen LogP contribution in [0.3, 0.4) is 0 Å². The second-order valence-corrected chi connectivity index (χ2v) is 14.0. The normalized spacial score (nSPS) is 16.7. The van der Waals surface area contributed by atoms with E-state index in [1.165, 1.54) is 24.3 Å². The Kier molecular flexibility index (Phi) is 13.7. The number of fused-ring (bicyclic) bond motifs is 2. The van der Waals surface area contributed by atoms with E-state index < -0.39 is 34.6 Å². The van der Waals surface area contributed by atoms with E-state index in [-0.39, 0.29) is 48.8 Å². The molecule has 7 rings (SSSR count). The van der Waals surface area contributed by atoms with Crippen molar-refractivity contribution >= 4 is 52.6 Å². The van der Waals surface area contributed by atoms with Crippen molar-refractivity contribution in [2.75, 3.05) is 57.8 Å². The van der Waals surface area contributed by atoms with E-state index in [1.54, 1.807) is 41.3 Å². The van der Waals surface area contributed by atoms with Crippen molar-refractivity contribution in [3.63, 3.8) is 0 Å². The molecule has 0 aromatic heterocycles. The van der Waals surface area contributed by atoms with Gasteiger partial charge in [0.2, 0.25) is 11.8 Å². The molecule has 0 spiro atoms. The first kappa shape index (κ1) is 42.1. The fraction of sp³-hybridized carbons (Fsp3) is 0.267. The molecule has 4 aromatic carbocycles. The summed E-state index contributed by atoms with van der Waals surface area (Å²) < 4.78 is 28.2. The first-order chi connectivity index (χ1) is 29.7. The van der Waals surface area contributed by atoms with Crippen molar-refractivity contribution in [2.45, 2.75) is 25.4 Å². The van der Waals surface area contributed by atoms with Crippen molar-refractivity contribution in [3.8, 4) is 11.5 Å². The van der Waals surface area contributed by atoms with Gasteiger partial charge in [0.1, 0.15) is 30.8 Å². The van der Waals surface area contributed by atoms with E-state index >= 15 is 0 Å². The molecule has 4 aromatic rings. The van der Waals surface area contributed by atoms with Crippen LogP contribution in [0.4, 0.5) is 11.4 Å². The Bertz CT molecular complexity index is 2360. The fourth-order valence-electron chi connectivity index (χ4n) is 6.98. The Labute approximate surface area is 350 Å².